The third-order valence-corrected chi connectivity index (χ3v) is 4.77. The Hall–Kier alpha value is -3.13. The van der Waals surface area contributed by atoms with Crippen LogP contribution in [0.15, 0.2) is 54.7 Å². The van der Waals surface area contributed by atoms with Crippen molar-refractivity contribution in [3.63, 3.8) is 0 Å². The van der Waals surface area contributed by atoms with Crippen molar-refractivity contribution in [3.05, 3.63) is 65.9 Å². The van der Waals surface area contributed by atoms with E-state index in [4.69, 9.17) is 4.74 Å². The molecular weight excluding hydrogens is 380 g/mol. The number of aromatic amines is 1. The van der Waals surface area contributed by atoms with Crippen LogP contribution in [0.5, 0.6) is 0 Å². The Morgan fingerprint density at radius 1 is 1.11 bits per heavy atom. The molecule has 0 saturated carbocycles. The Morgan fingerprint density at radius 2 is 1.79 bits per heavy atom. The number of H-pyrrole nitrogens is 1. The van der Waals surface area contributed by atoms with E-state index in [9.17, 15) is 18.0 Å². The summed E-state index contributed by atoms with van der Waals surface area (Å²) in [7, 11) is -3.39. The van der Waals surface area contributed by atoms with Crippen LogP contribution in [0.4, 0.5) is 5.69 Å². The molecule has 0 saturated heterocycles. The first-order valence-corrected chi connectivity index (χ1v) is 10.5. The predicted octanol–water partition coefficient (Wildman–Crippen LogP) is 2.90. The molecule has 3 rings (SSSR count). The molecule has 0 aliphatic heterocycles. The highest BCUT2D eigenvalue weighted by Gasteiger charge is 2.20. The summed E-state index contributed by atoms with van der Waals surface area (Å²) in [5, 5.41) is 0.937. The lowest BCUT2D eigenvalue weighted by Gasteiger charge is -2.13. The molecule has 0 aliphatic rings. The number of benzene rings is 2. The fourth-order valence-corrected chi connectivity index (χ4v) is 3.44. The number of hydrogen-bond acceptors (Lipinski definition) is 5. The Bertz CT molecular complexity index is 1120. The summed E-state index contributed by atoms with van der Waals surface area (Å²) in [4.78, 5) is 27.8. The third-order valence-electron chi connectivity index (χ3n) is 4.16. The minimum Gasteiger partial charge on any atom is -0.454 e. The van der Waals surface area contributed by atoms with Gasteiger partial charge in [0, 0.05) is 28.4 Å². The highest BCUT2D eigenvalue weighted by atomic mass is 32.2. The van der Waals surface area contributed by atoms with E-state index in [-0.39, 0.29) is 12.2 Å². The van der Waals surface area contributed by atoms with Gasteiger partial charge in [0.25, 0.3) is 0 Å². The van der Waals surface area contributed by atoms with Gasteiger partial charge in [-0.1, -0.05) is 18.2 Å². The van der Waals surface area contributed by atoms with Crippen LogP contribution in [0.1, 0.15) is 22.8 Å². The molecule has 1 aromatic heterocycles. The van der Waals surface area contributed by atoms with Gasteiger partial charge in [-0.05, 0) is 42.8 Å². The number of carbonyl (C=O) groups excluding carboxylic acids is 2. The van der Waals surface area contributed by atoms with Gasteiger partial charge < -0.3 is 9.72 Å². The van der Waals surface area contributed by atoms with Gasteiger partial charge in [-0.25, -0.2) is 8.42 Å². The number of hydrogen-bond donors (Lipinski definition) is 2. The molecule has 1 heterocycles. The van der Waals surface area contributed by atoms with Gasteiger partial charge in [0.15, 0.2) is 6.10 Å². The van der Waals surface area contributed by atoms with Crippen molar-refractivity contribution in [2.45, 2.75) is 19.4 Å². The number of ketones is 1. The van der Waals surface area contributed by atoms with E-state index in [0.29, 0.717) is 11.3 Å². The number of Topliss-reactive ketones (excluding diaryl/α,β-unsaturated/α-hetero) is 1. The lowest BCUT2D eigenvalue weighted by Crippen LogP contribution is -2.25. The second-order valence-corrected chi connectivity index (χ2v) is 8.23. The second-order valence-electron chi connectivity index (χ2n) is 6.48. The van der Waals surface area contributed by atoms with E-state index >= 15 is 0 Å². The Kier molecular flexibility index (Phi) is 5.51. The number of fused-ring (bicyclic) bond motifs is 1. The van der Waals surface area contributed by atoms with E-state index in [0.717, 1.165) is 22.7 Å². The number of esters is 1. The molecule has 0 bridgehead atoms. The van der Waals surface area contributed by atoms with Crippen molar-refractivity contribution in [1.29, 1.82) is 0 Å². The lowest BCUT2D eigenvalue weighted by molar-refractivity contribution is -0.145. The molecule has 0 fully saturated rings. The largest absolute Gasteiger partial charge is 0.454 e. The van der Waals surface area contributed by atoms with Crippen LogP contribution in [0, 0.1) is 0 Å². The molecule has 1 atom stereocenters. The topological polar surface area (TPSA) is 105 Å². The average molecular weight is 400 g/mol. The van der Waals surface area contributed by atoms with Crippen LogP contribution in [0.2, 0.25) is 0 Å². The molecule has 2 aromatic carbocycles. The number of rotatable bonds is 7. The monoisotopic (exact) mass is 400 g/mol. The summed E-state index contributed by atoms with van der Waals surface area (Å²) >= 11 is 0. The maximum absolute atomic E-state index is 12.5. The van der Waals surface area contributed by atoms with E-state index in [1.54, 1.807) is 6.20 Å². The molecule has 0 radical (unpaired) electrons. The van der Waals surface area contributed by atoms with Crippen molar-refractivity contribution in [2.24, 2.45) is 0 Å². The minimum absolute atomic E-state index is 0.0544. The predicted molar refractivity (Wildman–Crippen MR) is 107 cm³/mol. The number of para-hydroxylation sites is 1. The van der Waals surface area contributed by atoms with Crippen LogP contribution < -0.4 is 4.72 Å². The van der Waals surface area contributed by atoms with Gasteiger partial charge in [-0.15, -0.1) is 0 Å². The molecular formula is C20H20N2O5S. The van der Waals surface area contributed by atoms with E-state index in [1.165, 1.54) is 31.2 Å². The average Bonchev–Trinajstić information content (AvgIpc) is 3.03. The quantitative estimate of drug-likeness (QED) is 0.469. The zero-order valence-electron chi connectivity index (χ0n) is 15.4. The summed E-state index contributed by atoms with van der Waals surface area (Å²) in [6, 6.07) is 13.6. The standard InChI is InChI=1S/C20H20N2O5S/c1-13(20(24)14-7-9-16(10-8-14)22-28(2,25)26)27-19(23)11-15-12-21-18-6-4-3-5-17(15)18/h3-10,12-13,21-22H,11H2,1-2H3/t13-/m1/s1. The molecule has 8 heteroatoms. The number of aromatic nitrogens is 1. The first-order valence-electron chi connectivity index (χ1n) is 8.59. The maximum atomic E-state index is 12.5. The fourth-order valence-electron chi connectivity index (χ4n) is 2.88. The van der Waals surface area contributed by atoms with Crippen molar-refractivity contribution < 1.29 is 22.7 Å². The summed E-state index contributed by atoms with van der Waals surface area (Å²) in [6.07, 6.45) is 1.90. The van der Waals surface area contributed by atoms with Gasteiger partial charge >= 0.3 is 5.97 Å². The molecule has 0 amide bonds. The first-order chi connectivity index (χ1) is 13.2. The van der Waals surface area contributed by atoms with Crippen LogP contribution in [0.25, 0.3) is 10.9 Å². The van der Waals surface area contributed by atoms with Crippen LogP contribution in [-0.2, 0) is 26.0 Å². The Morgan fingerprint density at radius 3 is 2.46 bits per heavy atom. The summed E-state index contributed by atoms with van der Waals surface area (Å²) < 4.78 is 30.1. The Balaban J connectivity index is 1.62. The lowest BCUT2D eigenvalue weighted by atomic mass is 10.1. The minimum atomic E-state index is -3.39. The number of nitrogens with one attached hydrogen (secondary N) is 2. The van der Waals surface area contributed by atoms with Gasteiger partial charge in [0.05, 0.1) is 12.7 Å². The molecule has 0 unspecified atom stereocenters. The van der Waals surface area contributed by atoms with E-state index in [2.05, 4.69) is 9.71 Å². The molecule has 3 aromatic rings. The van der Waals surface area contributed by atoms with Gasteiger partial charge in [-0.3, -0.25) is 14.3 Å². The molecule has 28 heavy (non-hydrogen) atoms. The number of ether oxygens (including phenoxy) is 1. The van der Waals surface area contributed by atoms with Gasteiger partial charge in [0.2, 0.25) is 15.8 Å². The van der Waals surface area contributed by atoms with Gasteiger partial charge in [-0.2, -0.15) is 0 Å². The highest BCUT2D eigenvalue weighted by Crippen LogP contribution is 2.19. The van der Waals surface area contributed by atoms with Crippen molar-refractivity contribution in [3.8, 4) is 0 Å². The summed E-state index contributed by atoms with van der Waals surface area (Å²) in [5.74, 6) is -0.862. The number of anilines is 1. The maximum Gasteiger partial charge on any atom is 0.311 e. The highest BCUT2D eigenvalue weighted by molar-refractivity contribution is 7.92. The first kappa shape index (κ1) is 19.6. The van der Waals surface area contributed by atoms with Gasteiger partial charge in [0.1, 0.15) is 0 Å². The molecule has 0 spiro atoms. The molecule has 146 valence electrons. The fraction of sp³-hybridized carbons (Fsp3) is 0.200. The number of carbonyl (C=O) groups is 2. The van der Waals surface area contributed by atoms with E-state index < -0.39 is 22.1 Å². The Labute approximate surface area is 162 Å². The molecule has 7 nitrogen and oxygen atoms in total. The molecule has 0 aliphatic carbocycles. The zero-order valence-corrected chi connectivity index (χ0v) is 16.2. The number of sulfonamides is 1. The van der Waals surface area contributed by atoms with Crippen LogP contribution in [-0.4, -0.2) is 37.5 Å². The second kappa shape index (κ2) is 7.85. The van der Waals surface area contributed by atoms with Crippen molar-refractivity contribution in [1.82, 2.24) is 4.98 Å². The van der Waals surface area contributed by atoms with Crippen molar-refractivity contribution in [2.75, 3.05) is 11.0 Å². The molecule has 2 N–H and O–H groups in total. The van der Waals surface area contributed by atoms with Crippen LogP contribution >= 0.6 is 0 Å². The summed E-state index contributed by atoms with van der Waals surface area (Å²) in [6.45, 7) is 1.51. The SMILES string of the molecule is C[C@@H](OC(=O)Cc1c[nH]c2ccccc12)C(=O)c1ccc(NS(C)(=O)=O)cc1. The van der Waals surface area contributed by atoms with E-state index in [1.807, 2.05) is 24.3 Å². The van der Waals surface area contributed by atoms with Crippen LogP contribution in [0.3, 0.4) is 0 Å². The normalized spacial score (nSPS) is 12.5. The summed E-state index contributed by atoms with van der Waals surface area (Å²) in [5.41, 5.74) is 2.41. The smallest absolute Gasteiger partial charge is 0.311 e. The van der Waals surface area contributed by atoms with Crippen molar-refractivity contribution >= 4 is 38.4 Å². The zero-order chi connectivity index (χ0) is 20.3. The third kappa shape index (κ3) is 4.77.